The number of ether oxygens (including phenoxy) is 2. The molecular weight excluding hydrogens is 330 g/mol. The summed E-state index contributed by atoms with van der Waals surface area (Å²) in [6.07, 6.45) is 1.51. The van der Waals surface area contributed by atoms with Crippen molar-refractivity contribution in [2.45, 2.75) is 6.92 Å². The third kappa shape index (κ3) is 4.59. The zero-order valence-corrected chi connectivity index (χ0v) is 14.6. The topological polar surface area (TPSA) is 72.5 Å². The number of carbonyl (C=O) groups is 1. The molecule has 0 saturated heterocycles. The van der Waals surface area contributed by atoms with Crippen molar-refractivity contribution in [2.75, 3.05) is 32.7 Å². The van der Waals surface area contributed by atoms with Crippen LogP contribution in [0.4, 0.5) is 11.5 Å². The maximum Gasteiger partial charge on any atom is 0.252 e. The maximum absolute atomic E-state index is 11.9. The molecule has 1 amide bonds. The van der Waals surface area contributed by atoms with E-state index in [1.165, 1.54) is 6.20 Å². The number of hydrogen-bond donors (Lipinski definition) is 2. The van der Waals surface area contributed by atoms with Crippen molar-refractivity contribution in [1.29, 1.82) is 0 Å². The van der Waals surface area contributed by atoms with E-state index in [4.69, 9.17) is 21.1 Å². The molecule has 0 spiro atoms. The highest BCUT2D eigenvalue weighted by Gasteiger charge is 2.09. The van der Waals surface area contributed by atoms with E-state index in [1.807, 2.05) is 13.0 Å². The van der Waals surface area contributed by atoms with Crippen LogP contribution in [0.3, 0.4) is 0 Å². The van der Waals surface area contributed by atoms with Gasteiger partial charge in [-0.05, 0) is 30.7 Å². The van der Waals surface area contributed by atoms with Crippen LogP contribution in [-0.2, 0) is 4.74 Å². The van der Waals surface area contributed by atoms with Gasteiger partial charge in [0.25, 0.3) is 5.91 Å². The number of benzene rings is 1. The van der Waals surface area contributed by atoms with E-state index >= 15 is 0 Å². The zero-order chi connectivity index (χ0) is 17.5. The summed E-state index contributed by atoms with van der Waals surface area (Å²) in [6, 6.07) is 7.06. The lowest BCUT2D eigenvalue weighted by molar-refractivity contribution is 0.0937. The molecule has 0 fully saturated rings. The molecule has 128 valence electrons. The lowest BCUT2D eigenvalue weighted by Crippen LogP contribution is -2.26. The molecule has 0 bridgehead atoms. The van der Waals surface area contributed by atoms with E-state index in [0.717, 1.165) is 11.3 Å². The number of rotatable bonds is 7. The number of aromatic nitrogens is 1. The molecule has 2 N–H and O–H groups in total. The summed E-state index contributed by atoms with van der Waals surface area (Å²) >= 11 is 6.10. The molecule has 1 heterocycles. The number of hydrogen-bond acceptors (Lipinski definition) is 5. The quantitative estimate of drug-likeness (QED) is 0.751. The second-order valence-corrected chi connectivity index (χ2v) is 5.51. The maximum atomic E-state index is 11.9. The van der Waals surface area contributed by atoms with Crippen molar-refractivity contribution < 1.29 is 14.3 Å². The average molecular weight is 350 g/mol. The Morgan fingerprint density at radius 3 is 2.71 bits per heavy atom. The number of anilines is 2. The lowest BCUT2D eigenvalue weighted by atomic mass is 10.2. The highest BCUT2D eigenvalue weighted by molar-refractivity contribution is 6.31. The van der Waals surface area contributed by atoms with Gasteiger partial charge in [0, 0.05) is 30.9 Å². The molecule has 1 aromatic heterocycles. The molecule has 6 nitrogen and oxygen atoms in total. The van der Waals surface area contributed by atoms with Crippen LogP contribution in [0.15, 0.2) is 30.5 Å². The molecule has 2 rings (SSSR count). The number of nitrogens with zero attached hydrogens (tertiary/aromatic N) is 1. The van der Waals surface area contributed by atoms with Crippen LogP contribution in [0.1, 0.15) is 15.9 Å². The van der Waals surface area contributed by atoms with Gasteiger partial charge in [0.05, 0.1) is 25.0 Å². The predicted molar refractivity (Wildman–Crippen MR) is 94.5 cm³/mol. The monoisotopic (exact) mass is 349 g/mol. The fourth-order valence-electron chi connectivity index (χ4n) is 2.04. The highest BCUT2D eigenvalue weighted by atomic mass is 35.5. The number of methoxy groups -OCH3 is 2. The zero-order valence-electron chi connectivity index (χ0n) is 13.9. The van der Waals surface area contributed by atoms with Gasteiger partial charge in [0.2, 0.25) is 0 Å². The summed E-state index contributed by atoms with van der Waals surface area (Å²) in [5, 5.41) is 6.54. The summed E-state index contributed by atoms with van der Waals surface area (Å²) in [4.78, 5) is 16.2. The summed E-state index contributed by atoms with van der Waals surface area (Å²) in [6.45, 7) is 2.83. The van der Waals surface area contributed by atoms with Gasteiger partial charge >= 0.3 is 0 Å². The van der Waals surface area contributed by atoms with Crippen molar-refractivity contribution in [3.63, 3.8) is 0 Å². The van der Waals surface area contributed by atoms with Crippen LogP contribution in [0.5, 0.6) is 5.75 Å². The summed E-state index contributed by atoms with van der Waals surface area (Å²) in [7, 11) is 3.16. The van der Waals surface area contributed by atoms with Crippen molar-refractivity contribution in [1.82, 2.24) is 10.3 Å². The second-order valence-electron chi connectivity index (χ2n) is 5.11. The third-order valence-corrected chi connectivity index (χ3v) is 3.77. The van der Waals surface area contributed by atoms with Gasteiger partial charge < -0.3 is 20.1 Å². The Kier molecular flexibility index (Phi) is 6.40. The van der Waals surface area contributed by atoms with E-state index in [0.29, 0.717) is 35.3 Å². The first kappa shape index (κ1) is 18.0. The molecule has 0 unspecified atom stereocenters. The van der Waals surface area contributed by atoms with Gasteiger partial charge in [-0.15, -0.1) is 0 Å². The average Bonchev–Trinajstić information content (AvgIpc) is 2.58. The Morgan fingerprint density at radius 2 is 2.08 bits per heavy atom. The molecule has 0 radical (unpaired) electrons. The largest absolute Gasteiger partial charge is 0.495 e. The molecule has 0 aliphatic carbocycles. The van der Waals surface area contributed by atoms with Crippen LogP contribution < -0.4 is 15.4 Å². The van der Waals surface area contributed by atoms with Gasteiger partial charge in [0.1, 0.15) is 11.6 Å². The molecule has 0 atom stereocenters. The van der Waals surface area contributed by atoms with Crippen LogP contribution in [-0.4, -0.2) is 38.3 Å². The number of nitrogens with one attached hydrogen (secondary N) is 2. The summed E-state index contributed by atoms with van der Waals surface area (Å²) < 4.78 is 10.2. The van der Waals surface area contributed by atoms with Crippen molar-refractivity contribution in [2.24, 2.45) is 0 Å². The highest BCUT2D eigenvalue weighted by Crippen LogP contribution is 2.32. The molecule has 24 heavy (non-hydrogen) atoms. The van der Waals surface area contributed by atoms with Crippen LogP contribution in [0.2, 0.25) is 5.02 Å². The Morgan fingerprint density at radius 1 is 1.29 bits per heavy atom. The van der Waals surface area contributed by atoms with Gasteiger partial charge in [0.15, 0.2) is 0 Å². The van der Waals surface area contributed by atoms with E-state index in [9.17, 15) is 4.79 Å². The molecule has 1 aromatic carbocycles. The number of aryl methyl sites for hydroxylation is 1. The van der Waals surface area contributed by atoms with Crippen LogP contribution in [0, 0.1) is 6.92 Å². The Bertz CT molecular complexity index is 705. The number of pyridine rings is 1. The van der Waals surface area contributed by atoms with E-state index in [1.54, 1.807) is 32.4 Å². The first-order valence-electron chi connectivity index (χ1n) is 7.39. The molecular formula is C17H20ClN3O3. The van der Waals surface area contributed by atoms with Gasteiger partial charge in [-0.1, -0.05) is 11.6 Å². The van der Waals surface area contributed by atoms with Gasteiger partial charge in [-0.3, -0.25) is 4.79 Å². The Hall–Kier alpha value is -2.31. The minimum Gasteiger partial charge on any atom is -0.495 e. The van der Waals surface area contributed by atoms with E-state index in [2.05, 4.69) is 15.6 Å². The van der Waals surface area contributed by atoms with Crippen LogP contribution in [0.25, 0.3) is 0 Å². The number of halogens is 1. The fraction of sp³-hybridized carbons (Fsp3) is 0.294. The van der Waals surface area contributed by atoms with E-state index in [-0.39, 0.29) is 5.91 Å². The lowest BCUT2D eigenvalue weighted by Gasteiger charge is -2.13. The normalized spacial score (nSPS) is 10.3. The summed E-state index contributed by atoms with van der Waals surface area (Å²) in [5.74, 6) is 1.03. The molecule has 0 saturated carbocycles. The summed E-state index contributed by atoms with van der Waals surface area (Å²) in [5.41, 5.74) is 2.16. The molecule has 0 aliphatic heterocycles. The van der Waals surface area contributed by atoms with Crippen molar-refractivity contribution in [3.05, 3.63) is 46.6 Å². The molecule has 7 heteroatoms. The first-order valence-corrected chi connectivity index (χ1v) is 7.77. The molecule has 0 aliphatic rings. The predicted octanol–water partition coefficient (Wildman–Crippen LogP) is 3.17. The third-order valence-electron chi connectivity index (χ3n) is 3.36. The fourth-order valence-corrected chi connectivity index (χ4v) is 2.19. The van der Waals surface area contributed by atoms with Crippen molar-refractivity contribution in [3.8, 4) is 5.75 Å². The minimum atomic E-state index is -0.189. The second kappa shape index (κ2) is 8.52. The number of amides is 1. The molecule has 2 aromatic rings. The smallest absolute Gasteiger partial charge is 0.252 e. The van der Waals surface area contributed by atoms with Gasteiger partial charge in [-0.25, -0.2) is 4.98 Å². The minimum absolute atomic E-state index is 0.189. The number of carbonyl (C=O) groups excluding carboxylic acids is 1. The Labute approximate surface area is 146 Å². The Balaban J connectivity index is 2.09. The van der Waals surface area contributed by atoms with E-state index < -0.39 is 0 Å². The van der Waals surface area contributed by atoms with Crippen molar-refractivity contribution >= 4 is 29.0 Å². The van der Waals surface area contributed by atoms with Gasteiger partial charge in [-0.2, -0.15) is 0 Å². The SMILES string of the molecule is COCCNC(=O)c1ccc(Nc2cc(C)c(Cl)cc2OC)nc1. The standard InChI is InChI=1S/C17H20ClN3O3/c1-11-8-14(15(24-3)9-13(11)18)21-16-5-4-12(10-20-16)17(22)19-6-7-23-2/h4-5,8-10H,6-7H2,1-3H3,(H,19,22)(H,20,21). The first-order chi connectivity index (χ1) is 11.5. The van der Waals surface area contributed by atoms with Crippen LogP contribution >= 0.6 is 11.6 Å².